The fourth-order valence-electron chi connectivity index (χ4n) is 2.92. The fraction of sp³-hybridized carbons (Fsp3) is 0.833. The predicted molar refractivity (Wildman–Crippen MR) is 58.0 cm³/mol. The van der Waals surface area contributed by atoms with Gasteiger partial charge in [-0.3, -0.25) is 0 Å². The molecule has 3 atom stereocenters. The van der Waals surface area contributed by atoms with E-state index in [2.05, 4.69) is 6.08 Å². The van der Waals surface area contributed by atoms with Crippen LogP contribution in [0, 0.1) is 5.92 Å². The molecule has 1 saturated carbocycles. The number of methoxy groups -OCH3 is 1. The first-order valence-corrected chi connectivity index (χ1v) is 5.80. The molecule has 2 aliphatic carbocycles. The van der Waals surface area contributed by atoms with Crippen LogP contribution < -0.4 is 5.73 Å². The summed E-state index contributed by atoms with van der Waals surface area (Å²) in [4.78, 5) is 0. The van der Waals surface area contributed by atoms with Crippen molar-refractivity contribution in [2.24, 2.45) is 11.7 Å². The Morgan fingerprint density at radius 3 is 2.86 bits per heavy atom. The molecule has 0 amide bonds. The van der Waals surface area contributed by atoms with Gasteiger partial charge in [0.25, 0.3) is 0 Å². The molecule has 80 valence electrons. The highest BCUT2D eigenvalue weighted by molar-refractivity contribution is 5.16. The van der Waals surface area contributed by atoms with Crippen LogP contribution in [0.3, 0.4) is 0 Å². The lowest BCUT2D eigenvalue weighted by atomic mass is 9.85. The third-order valence-electron chi connectivity index (χ3n) is 3.66. The van der Waals surface area contributed by atoms with Crippen molar-refractivity contribution in [3.8, 4) is 0 Å². The van der Waals surface area contributed by atoms with Gasteiger partial charge < -0.3 is 10.5 Å². The maximum absolute atomic E-state index is 5.96. The van der Waals surface area contributed by atoms with Crippen LogP contribution in [0.5, 0.6) is 0 Å². The van der Waals surface area contributed by atoms with Crippen LogP contribution in [-0.2, 0) is 4.74 Å². The minimum absolute atomic E-state index is 0.303. The first kappa shape index (κ1) is 10.2. The van der Waals surface area contributed by atoms with Crippen molar-refractivity contribution < 1.29 is 4.74 Å². The maximum atomic E-state index is 5.96. The molecule has 2 heteroatoms. The minimum Gasteiger partial charge on any atom is -0.381 e. The predicted octanol–water partition coefficient (Wildman–Crippen LogP) is 2.24. The lowest BCUT2D eigenvalue weighted by Crippen LogP contribution is -2.25. The van der Waals surface area contributed by atoms with Crippen molar-refractivity contribution in [3.05, 3.63) is 11.6 Å². The molecular weight excluding hydrogens is 174 g/mol. The summed E-state index contributed by atoms with van der Waals surface area (Å²) in [7, 11) is 1.84. The minimum atomic E-state index is 0.303. The molecule has 0 aromatic heterocycles. The molecule has 2 N–H and O–H groups in total. The first-order chi connectivity index (χ1) is 6.81. The van der Waals surface area contributed by atoms with Gasteiger partial charge in [-0.25, -0.2) is 0 Å². The zero-order chi connectivity index (χ0) is 9.97. The summed E-state index contributed by atoms with van der Waals surface area (Å²) in [6.45, 7) is 0. The van der Waals surface area contributed by atoms with Crippen LogP contribution >= 0.6 is 0 Å². The summed E-state index contributed by atoms with van der Waals surface area (Å²) in [5, 5.41) is 0. The molecule has 2 aliphatic rings. The summed E-state index contributed by atoms with van der Waals surface area (Å²) < 4.78 is 5.53. The zero-order valence-corrected chi connectivity index (χ0v) is 9.04. The second-order valence-electron chi connectivity index (χ2n) is 4.61. The Bertz CT molecular complexity index is 224. The summed E-state index contributed by atoms with van der Waals surface area (Å²) in [6, 6.07) is 0.303. The van der Waals surface area contributed by atoms with Gasteiger partial charge in [-0.1, -0.05) is 18.1 Å². The molecule has 0 radical (unpaired) electrons. The highest BCUT2D eigenvalue weighted by Crippen LogP contribution is 2.37. The van der Waals surface area contributed by atoms with Crippen LogP contribution in [0.25, 0.3) is 0 Å². The Labute approximate surface area is 86.5 Å². The number of nitrogens with two attached hydrogens (primary N) is 1. The lowest BCUT2D eigenvalue weighted by Gasteiger charge is -2.26. The first-order valence-electron chi connectivity index (χ1n) is 5.80. The molecular formula is C12H21NO. The van der Waals surface area contributed by atoms with Gasteiger partial charge in [0.05, 0.1) is 6.10 Å². The Kier molecular flexibility index (Phi) is 3.24. The average Bonchev–Trinajstić information content (AvgIpc) is 2.65. The van der Waals surface area contributed by atoms with E-state index >= 15 is 0 Å². The number of ether oxygens (including phenoxy) is 1. The van der Waals surface area contributed by atoms with E-state index in [4.69, 9.17) is 10.5 Å². The highest BCUT2D eigenvalue weighted by atomic mass is 16.5. The van der Waals surface area contributed by atoms with Crippen molar-refractivity contribution in [2.75, 3.05) is 7.11 Å². The smallest absolute Gasteiger partial charge is 0.0636 e. The van der Waals surface area contributed by atoms with Crippen LogP contribution in [0.15, 0.2) is 11.6 Å². The molecule has 0 aliphatic heterocycles. The molecule has 1 fully saturated rings. The van der Waals surface area contributed by atoms with Gasteiger partial charge in [-0.05, 0) is 32.1 Å². The van der Waals surface area contributed by atoms with E-state index in [0.717, 1.165) is 6.42 Å². The van der Waals surface area contributed by atoms with Gasteiger partial charge in [0, 0.05) is 19.1 Å². The molecule has 3 unspecified atom stereocenters. The van der Waals surface area contributed by atoms with Crippen LogP contribution in [0.1, 0.15) is 38.5 Å². The Morgan fingerprint density at radius 2 is 2.14 bits per heavy atom. The maximum Gasteiger partial charge on any atom is 0.0636 e. The lowest BCUT2D eigenvalue weighted by molar-refractivity contribution is 0.0810. The molecule has 2 nitrogen and oxygen atoms in total. The van der Waals surface area contributed by atoms with Crippen molar-refractivity contribution in [1.82, 2.24) is 0 Å². The van der Waals surface area contributed by atoms with Crippen molar-refractivity contribution >= 4 is 0 Å². The normalized spacial score (nSPS) is 38.4. The molecule has 14 heavy (non-hydrogen) atoms. The third kappa shape index (κ3) is 2.01. The Morgan fingerprint density at radius 1 is 1.29 bits per heavy atom. The van der Waals surface area contributed by atoms with Gasteiger partial charge in [0.15, 0.2) is 0 Å². The molecule has 0 heterocycles. The molecule has 0 bridgehead atoms. The number of rotatable bonds is 2. The monoisotopic (exact) mass is 195 g/mol. The zero-order valence-electron chi connectivity index (χ0n) is 9.04. The van der Waals surface area contributed by atoms with E-state index < -0.39 is 0 Å². The van der Waals surface area contributed by atoms with Crippen molar-refractivity contribution in [3.63, 3.8) is 0 Å². The van der Waals surface area contributed by atoms with Crippen LogP contribution in [-0.4, -0.2) is 19.3 Å². The fourth-order valence-corrected chi connectivity index (χ4v) is 2.92. The van der Waals surface area contributed by atoms with Crippen molar-refractivity contribution in [1.29, 1.82) is 0 Å². The number of hydrogen-bond donors (Lipinski definition) is 1. The quantitative estimate of drug-likeness (QED) is 0.686. The summed E-state index contributed by atoms with van der Waals surface area (Å²) in [5.74, 6) is 0.673. The largest absolute Gasteiger partial charge is 0.381 e. The van der Waals surface area contributed by atoms with Gasteiger partial charge in [0.2, 0.25) is 0 Å². The summed E-state index contributed by atoms with van der Waals surface area (Å²) in [5.41, 5.74) is 7.54. The summed E-state index contributed by atoms with van der Waals surface area (Å²) >= 11 is 0. The van der Waals surface area contributed by atoms with E-state index in [-0.39, 0.29) is 0 Å². The van der Waals surface area contributed by atoms with Crippen LogP contribution in [0.4, 0.5) is 0 Å². The van der Waals surface area contributed by atoms with E-state index in [1.807, 2.05) is 7.11 Å². The van der Waals surface area contributed by atoms with E-state index in [9.17, 15) is 0 Å². The Balaban J connectivity index is 2.05. The van der Waals surface area contributed by atoms with Crippen LogP contribution in [0.2, 0.25) is 0 Å². The summed E-state index contributed by atoms with van der Waals surface area (Å²) in [6.07, 6.45) is 10.3. The van der Waals surface area contributed by atoms with Gasteiger partial charge in [-0.15, -0.1) is 0 Å². The molecule has 0 saturated heterocycles. The standard InChI is InChI=1S/C12H21NO/c1-14-12-7-3-6-11(12)9-4-2-5-10(13)8-9/h8,10-12H,2-7,13H2,1H3. The van der Waals surface area contributed by atoms with Crippen molar-refractivity contribution in [2.45, 2.75) is 50.7 Å². The molecule has 0 aromatic rings. The molecule has 0 aromatic carbocycles. The molecule has 0 spiro atoms. The Hall–Kier alpha value is -0.340. The third-order valence-corrected chi connectivity index (χ3v) is 3.66. The second-order valence-corrected chi connectivity index (χ2v) is 4.61. The highest BCUT2D eigenvalue weighted by Gasteiger charge is 2.30. The van der Waals surface area contributed by atoms with Gasteiger partial charge in [0.1, 0.15) is 0 Å². The van der Waals surface area contributed by atoms with E-state index in [1.165, 1.54) is 32.1 Å². The average molecular weight is 195 g/mol. The SMILES string of the molecule is COC1CCCC1C1=CC(N)CCC1. The van der Waals surface area contributed by atoms with E-state index in [1.54, 1.807) is 5.57 Å². The molecule has 2 rings (SSSR count). The van der Waals surface area contributed by atoms with Gasteiger partial charge >= 0.3 is 0 Å². The second kappa shape index (κ2) is 4.45. The number of hydrogen-bond acceptors (Lipinski definition) is 2. The van der Waals surface area contributed by atoms with Gasteiger partial charge in [-0.2, -0.15) is 0 Å². The topological polar surface area (TPSA) is 35.2 Å². The van der Waals surface area contributed by atoms with E-state index in [0.29, 0.717) is 18.1 Å².